The summed E-state index contributed by atoms with van der Waals surface area (Å²) < 4.78 is 6.67. The summed E-state index contributed by atoms with van der Waals surface area (Å²) in [6.07, 6.45) is 0. The summed E-state index contributed by atoms with van der Waals surface area (Å²) in [4.78, 5) is 0. The van der Waals surface area contributed by atoms with Crippen molar-refractivity contribution in [3.63, 3.8) is 0 Å². The average Bonchev–Trinajstić information content (AvgIpc) is 2.36. The summed E-state index contributed by atoms with van der Waals surface area (Å²) in [7, 11) is -4.01. The number of hydrogen-bond acceptors (Lipinski definition) is 3. The van der Waals surface area contributed by atoms with Crippen LogP contribution in [0, 0.1) is 0 Å². The van der Waals surface area contributed by atoms with Gasteiger partial charge in [-0.3, -0.25) is 0 Å². The lowest BCUT2D eigenvalue weighted by atomic mass is 10.3. The topological polar surface area (TPSA) is 61.3 Å². The molecule has 0 saturated heterocycles. The molecule has 2 aromatic rings. The minimum Gasteiger partial charge on any atom is -0.449 e. The van der Waals surface area contributed by atoms with E-state index in [1.165, 1.54) is 10.4 Å². The Balaban J connectivity index is 2.59. The van der Waals surface area contributed by atoms with Crippen molar-refractivity contribution in [1.29, 1.82) is 0 Å². The third kappa shape index (κ3) is 3.75. The van der Waals surface area contributed by atoms with Gasteiger partial charge in [0.05, 0.1) is 0 Å². The van der Waals surface area contributed by atoms with Gasteiger partial charge in [0.1, 0.15) is 0 Å². The summed E-state index contributed by atoms with van der Waals surface area (Å²) in [5.74, 6) is 0. The van der Waals surface area contributed by atoms with Crippen LogP contribution in [0.1, 0.15) is 0 Å². The van der Waals surface area contributed by atoms with E-state index in [1.54, 1.807) is 0 Å². The Morgan fingerprint density at radius 1 is 0.762 bits per heavy atom. The van der Waals surface area contributed by atoms with Crippen molar-refractivity contribution in [2.45, 2.75) is 26.2 Å². The number of nitrogens with two attached hydrogens (primary N) is 2. The van der Waals surface area contributed by atoms with E-state index in [9.17, 15) is 0 Å². The first-order valence-electron chi connectivity index (χ1n) is 7.13. The molecule has 0 radical (unpaired) electrons. The van der Waals surface area contributed by atoms with Gasteiger partial charge >= 0.3 is 0 Å². The lowest BCUT2D eigenvalue weighted by molar-refractivity contribution is 0.573. The van der Waals surface area contributed by atoms with Crippen LogP contribution in [0.2, 0.25) is 26.2 Å². The minimum absolute atomic E-state index is 0.773. The number of hydrogen-bond donors (Lipinski definition) is 2. The second-order valence-corrected chi connectivity index (χ2v) is 14.8. The largest absolute Gasteiger partial charge is 0.449 e. The summed E-state index contributed by atoms with van der Waals surface area (Å²) in [6, 6.07) is 16.1. The molecular formula is C16H24N2OSi2. The highest BCUT2D eigenvalue weighted by molar-refractivity contribution is 7.01. The molecule has 0 saturated carbocycles. The second kappa shape index (κ2) is 5.67. The fourth-order valence-corrected chi connectivity index (χ4v) is 10.5. The zero-order valence-corrected chi connectivity index (χ0v) is 15.2. The van der Waals surface area contributed by atoms with Gasteiger partial charge in [0.2, 0.25) is 8.32 Å². The normalized spacial score (nSPS) is 12.4. The fourth-order valence-electron chi connectivity index (χ4n) is 2.57. The maximum Gasteiger partial charge on any atom is 0.242 e. The van der Waals surface area contributed by atoms with Crippen molar-refractivity contribution in [3.8, 4) is 0 Å². The minimum atomic E-state index is -2.30. The molecule has 0 aromatic heterocycles. The maximum absolute atomic E-state index is 6.67. The molecule has 0 bridgehead atoms. The van der Waals surface area contributed by atoms with Crippen LogP contribution in [0.4, 0.5) is 11.4 Å². The van der Waals surface area contributed by atoms with Crippen molar-refractivity contribution in [2.24, 2.45) is 0 Å². The lowest BCUT2D eigenvalue weighted by Crippen LogP contribution is -2.62. The van der Waals surface area contributed by atoms with E-state index in [0.717, 1.165) is 11.4 Å². The van der Waals surface area contributed by atoms with Gasteiger partial charge in [-0.1, -0.05) is 24.3 Å². The van der Waals surface area contributed by atoms with E-state index in [4.69, 9.17) is 15.6 Å². The zero-order chi connectivity index (χ0) is 15.7. The molecule has 5 heteroatoms. The molecule has 21 heavy (non-hydrogen) atoms. The van der Waals surface area contributed by atoms with Crippen LogP contribution in [0.5, 0.6) is 0 Å². The molecule has 0 aliphatic rings. The predicted octanol–water partition coefficient (Wildman–Crippen LogP) is 2.39. The molecular weight excluding hydrogens is 292 g/mol. The van der Waals surface area contributed by atoms with Gasteiger partial charge in [0.25, 0.3) is 0 Å². The summed E-state index contributed by atoms with van der Waals surface area (Å²) in [5.41, 5.74) is 13.5. The van der Waals surface area contributed by atoms with E-state index in [-0.39, 0.29) is 0 Å². The van der Waals surface area contributed by atoms with E-state index >= 15 is 0 Å². The average molecular weight is 317 g/mol. The first-order valence-corrected chi connectivity index (χ1v) is 12.9. The van der Waals surface area contributed by atoms with E-state index in [0.29, 0.717) is 0 Å². The summed E-state index contributed by atoms with van der Waals surface area (Å²) >= 11 is 0. The van der Waals surface area contributed by atoms with Gasteiger partial charge in [0, 0.05) is 11.4 Å². The predicted molar refractivity (Wildman–Crippen MR) is 97.0 cm³/mol. The molecule has 0 heterocycles. The van der Waals surface area contributed by atoms with Gasteiger partial charge < -0.3 is 15.6 Å². The van der Waals surface area contributed by atoms with Crippen LogP contribution in [0.15, 0.2) is 48.5 Å². The Kier molecular flexibility index (Phi) is 4.27. The van der Waals surface area contributed by atoms with Crippen LogP contribution >= 0.6 is 0 Å². The van der Waals surface area contributed by atoms with Crippen molar-refractivity contribution in [1.82, 2.24) is 0 Å². The first-order chi connectivity index (χ1) is 9.71. The van der Waals surface area contributed by atoms with Crippen molar-refractivity contribution < 1.29 is 4.12 Å². The molecule has 0 aliphatic carbocycles. The number of rotatable bonds is 4. The Bertz CT molecular complexity index is 593. The highest BCUT2D eigenvalue weighted by Crippen LogP contribution is 2.17. The van der Waals surface area contributed by atoms with Gasteiger partial charge in [0.15, 0.2) is 8.32 Å². The fraction of sp³-hybridized carbons (Fsp3) is 0.250. The molecule has 2 rings (SSSR count). The Hall–Kier alpha value is -1.57. The molecule has 4 N–H and O–H groups in total. The smallest absolute Gasteiger partial charge is 0.242 e. The zero-order valence-electron chi connectivity index (χ0n) is 13.2. The van der Waals surface area contributed by atoms with Gasteiger partial charge in [-0.15, -0.1) is 0 Å². The highest BCUT2D eigenvalue weighted by Gasteiger charge is 2.38. The van der Waals surface area contributed by atoms with Crippen LogP contribution in [0.25, 0.3) is 0 Å². The highest BCUT2D eigenvalue weighted by atomic mass is 28.4. The molecule has 0 unspecified atom stereocenters. The molecule has 3 nitrogen and oxygen atoms in total. The van der Waals surface area contributed by atoms with Crippen LogP contribution < -0.4 is 21.8 Å². The summed E-state index contributed by atoms with van der Waals surface area (Å²) in [6.45, 7) is 8.89. The first kappa shape index (κ1) is 15.8. The van der Waals surface area contributed by atoms with Gasteiger partial charge in [-0.25, -0.2) is 0 Å². The van der Waals surface area contributed by atoms with Crippen LogP contribution in [-0.4, -0.2) is 16.6 Å². The Morgan fingerprint density at radius 3 is 1.52 bits per heavy atom. The maximum atomic E-state index is 6.67. The van der Waals surface area contributed by atoms with E-state index < -0.39 is 16.6 Å². The van der Waals surface area contributed by atoms with Crippen molar-refractivity contribution >= 4 is 38.4 Å². The lowest BCUT2D eigenvalue weighted by Gasteiger charge is -2.35. The molecule has 0 aliphatic heterocycles. The number of nitrogen functional groups attached to an aromatic ring is 2. The van der Waals surface area contributed by atoms with Gasteiger partial charge in [-0.05, 0) is 60.8 Å². The molecule has 0 spiro atoms. The quantitative estimate of drug-likeness (QED) is 0.672. The number of benzene rings is 2. The van der Waals surface area contributed by atoms with Crippen molar-refractivity contribution in [3.05, 3.63) is 48.5 Å². The standard InChI is InChI=1S/C16H24N2OSi2/c1-20(2,3)19-21(4,15-9-5-7-13(17)11-15)16-10-6-8-14(18)12-16/h5-12H,17-18H2,1-4H3. The van der Waals surface area contributed by atoms with Crippen molar-refractivity contribution in [2.75, 3.05) is 11.5 Å². The molecule has 0 amide bonds. The van der Waals surface area contributed by atoms with E-state index in [1.807, 2.05) is 36.4 Å². The van der Waals surface area contributed by atoms with E-state index in [2.05, 4.69) is 38.3 Å². The molecule has 2 aromatic carbocycles. The molecule has 0 fully saturated rings. The Labute approximate surface area is 129 Å². The third-order valence-corrected chi connectivity index (χ3v) is 10.3. The summed E-state index contributed by atoms with van der Waals surface area (Å²) in [5, 5.41) is 2.38. The Morgan fingerprint density at radius 2 is 1.19 bits per heavy atom. The van der Waals surface area contributed by atoms with Gasteiger partial charge in [-0.2, -0.15) is 0 Å². The van der Waals surface area contributed by atoms with Crippen LogP contribution in [-0.2, 0) is 4.12 Å². The number of anilines is 2. The molecule has 0 atom stereocenters. The third-order valence-electron chi connectivity index (χ3n) is 3.39. The molecule has 112 valence electrons. The monoisotopic (exact) mass is 316 g/mol. The SMILES string of the molecule is C[Si](C)(C)O[Si](C)(c1cccc(N)c1)c1cccc(N)c1. The second-order valence-electron chi connectivity index (χ2n) is 6.50. The van der Waals surface area contributed by atoms with Crippen LogP contribution in [0.3, 0.4) is 0 Å².